The molecule has 2 nitrogen and oxygen atoms in total. The van der Waals surface area contributed by atoms with Gasteiger partial charge in [-0.2, -0.15) is 0 Å². The van der Waals surface area contributed by atoms with E-state index < -0.39 is 0 Å². The molecule has 1 aliphatic carbocycles. The van der Waals surface area contributed by atoms with Crippen molar-refractivity contribution in [1.82, 2.24) is 5.32 Å². The lowest BCUT2D eigenvalue weighted by atomic mass is 9.62. The molecule has 1 amide bonds. The Balaban J connectivity index is 2.14. The van der Waals surface area contributed by atoms with E-state index in [2.05, 4.69) is 56.4 Å². The molecule has 0 aromatic heterocycles. The van der Waals surface area contributed by atoms with Gasteiger partial charge in [-0.15, -0.1) is 11.6 Å². The van der Waals surface area contributed by atoms with Gasteiger partial charge in [0.25, 0.3) is 0 Å². The van der Waals surface area contributed by atoms with E-state index in [0.717, 1.165) is 19.3 Å². The Morgan fingerprint density at radius 3 is 2.57 bits per heavy atom. The van der Waals surface area contributed by atoms with E-state index in [1.807, 2.05) is 0 Å². The Bertz CT molecular complexity index is 489. The van der Waals surface area contributed by atoms with E-state index in [1.54, 1.807) is 0 Å². The molecule has 0 aliphatic heterocycles. The normalized spacial score (nSPS) is 32.7. The summed E-state index contributed by atoms with van der Waals surface area (Å²) in [6.45, 7) is 6.80. The highest BCUT2D eigenvalue weighted by molar-refractivity contribution is 6.27. The summed E-state index contributed by atoms with van der Waals surface area (Å²) in [6, 6.07) is 10.6. The van der Waals surface area contributed by atoms with Crippen LogP contribution in [0.1, 0.15) is 45.6 Å². The largest absolute Gasteiger partial charge is 0.350 e. The Labute approximate surface area is 133 Å². The second-order valence-electron chi connectivity index (χ2n) is 7.41. The van der Waals surface area contributed by atoms with Crippen molar-refractivity contribution in [2.24, 2.45) is 11.3 Å². The lowest BCUT2D eigenvalue weighted by Crippen LogP contribution is -2.54. The van der Waals surface area contributed by atoms with Gasteiger partial charge in [0.05, 0.1) is 0 Å². The van der Waals surface area contributed by atoms with Gasteiger partial charge in [0.2, 0.25) is 5.91 Å². The van der Waals surface area contributed by atoms with Gasteiger partial charge in [-0.1, -0.05) is 44.2 Å². The number of hydrogen-bond acceptors (Lipinski definition) is 1. The van der Waals surface area contributed by atoms with Gasteiger partial charge < -0.3 is 5.32 Å². The van der Waals surface area contributed by atoms with Gasteiger partial charge in [-0.25, -0.2) is 0 Å². The standard InChI is InChI=1S/C18H26ClNO/c1-14-9-17(2,11-15-7-5-4-6-8-15)13-18(3,10-14)20-16(21)12-19/h4-8,14H,9-13H2,1-3H3,(H,20,21)/t14-,17+,18-/m1/s1. The highest BCUT2D eigenvalue weighted by Crippen LogP contribution is 2.46. The SMILES string of the molecule is C[C@@H]1C[C@@](C)(Cc2ccccc2)C[C@](C)(NC(=O)CCl)C1. The van der Waals surface area contributed by atoms with E-state index in [1.165, 1.54) is 12.0 Å². The van der Waals surface area contributed by atoms with Crippen LogP contribution in [-0.4, -0.2) is 17.3 Å². The van der Waals surface area contributed by atoms with Crippen molar-refractivity contribution in [3.05, 3.63) is 35.9 Å². The summed E-state index contributed by atoms with van der Waals surface area (Å²) in [5, 5.41) is 3.15. The molecule has 1 fully saturated rings. The van der Waals surface area contributed by atoms with E-state index in [9.17, 15) is 4.79 Å². The summed E-state index contributed by atoms with van der Waals surface area (Å²) in [4.78, 5) is 11.7. The molecule has 0 bridgehead atoms. The number of carbonyl (C=O) groups is 1. The van der Waals surface area contributed by atoms with Gasteiger partial charge >= 0.3 is 0 Å². The third-order valence-electron chi connectivity index (χ3n) is 4.49. The number of amides is 1. The molecule has 0 unspecified atom stereocenters. The number of carbonyl (C=O) groups excluding carboxylic acids is 1. The Kier molecular flexibility index (Phi) is 4.98. The molecule has 0 radical (unpaired) electrons. The van der Waals surface area contributed by atoms with E-state index in [0.29, 0.717) is 5.92 Å². The van der Waals surface area contributed by atoms with E-state index in [4.69, 9.17) is 11.6 Å². The van der Waals surface area contributed by atoms with E-state index in [-0.39, 0.29) is 22.7 Å². The molecule has 1 saturated carbocycles. The minimum atomic E-state index is -0.146. The van der Waals surface area contributed by atoms with Crippen LogP contribution < -0.4 is 5.32 Å². The molecule has 1 aromatic rings. The average Bonchev–Trinajstić information content (AvgIpc) is 2.36. The molecule has 1 aliphatic rings. The number of benzene rings is 1. The van der Waals surface area contributed by atoms with Crippen LogP contribution in [-0.2, 0) is 11.2 Å². The highest BCUT2D eigenvalue weighted by Gasteiger charge is 2.42. The summed E-state index contributed by atoms with van der Waals surface area (Å²) >= 11 is 5.66. The van der Waals surface area contributed by atoms with Crippen LogP contribution in [0, 0.1) is 11.3 Å². The molecule has 3 heteroatoms. The molecule has 3 atom stereocenters. The summed E-state index contributed by atoms with van der Waals surface area (Å²) < 4.78 is 0. The van der Waals surface area contributed by atoms with Crippen molar-refractivity contribution in [3.8, 4) is 0 Å². The minimum absolute atomic E-state index is 0.0410. The molecule has 0 heterocycles. The fourth-order valence-corrected chi connectivity index (χ4v) is 4.52. The van der Waals surface area contributed by atoms with Crippen LogP contribution in [0.15, 0.2) is 30.3 Å². The van der Waals surface area contributed by atoms with Gasteiger partial charge in [0.1, 0.15) is 5.88 Å². The molecule has 0 saturated heterocycles. The first kappa shape index (κ1) is 16.4. The fraction of sp³-hybridized carbons (Fsp3) is 0.611. The summed E-state index contributed by atoms with van der Waals surface area (Å²) in [6.07, 6.45) is 4.29. The summed E-state index contributed by atoms with van der Waals surface area (Å²) in [5.41, 5.74) is 1.45. The lowest BCUT2D eigenvalue weighted by Gasteiger charge is -2.48. The zero-order valence-electron chi connectivity index (χ0n) is 13.3. The van der Waals surface area contributed by atoms with Gasteiger partial charge in [0, 0.05) is 5.54 Å². The smallest absolute Gasteiger partial charge is 0.235 e. The summed E-state index contributed by atoms with van der Waals surface area (Å²) in [7, 11) is 0. The third-order valence-corrected chi connectivity index (χ3v) is 4.74. The van der Waals surface area contributed by atoms with Crippen molar-refractivity contribution in [2.75, 3.05) is 5.88 Å². The Morgan fingerprint density at radius 1 is 1.29 bits per heavy atom. The zero-order chi connectivity index (χ0) is 15.5. The predicted octanol–water partition coefficient (Wildman–Crippen LogP) is 4.17. The number of nitrogens with one attached hydrogen (secondary N) is 1. The highest BCUT2D eigenvalue weighted by atomic mass is 35.5. The fourth-order valence-electron chi connectivity index (χ4n) is 4.46. The minimum Gasteiger partial charge on any atom is -0.350 e. The maximum Gasteiger partial charge on any atom is 0.235 e. The maximum absolute atomic E-state index is 11.7. The van der Waals surface area contributed by atoms with Crippen LogP contribution >= 0.6 is 11.6 Å². The molecule has 0 spiro atoms. The van der Waals surface area contributed by atoms with Crippen LogP contribution in [0.2, 0.25) is 0 Å². The van der Waals surface area contributed by atoms with Crippen LogP contribution in [0.4, 0.5) is 0 Å². The monoisotopic (exact) mass is 307 g/mol. The second-order valence-corrected chi connectivity index (χ2v) is 7.67. The quantitative estimate of drug-likeness (QED) is 0.831. The Hall–Kier alpha value is -1.02. The number of hydrogen-bond donors (Lipinski definition) is 1. The van der Waals surface area contributed by atoms with Crippen molar-refractivity contribution in [3.63, 3.8) is 0 Å². The number of alkyl halides is 1. The zero-order valence-corrected chi connectivity index (χ0v) is 14.0. The second kappa shape index (κ2) is 6.39. The number of rotatable bonds is 4. The van der Waals surface area contributed by atoms with Crippen molar-refractivity contribution in [1.29, 1.82) is 0 Å². The molecule has 116 valence electrons. The van der Waals surface area contributed by atoms with Crippen LogP contribution in [0.5, 0.6) is 0 Å². The third kappa shape index (κ3) is 4.47. The summed E-state index contributed by atoms with van der Waals surface area (Å²) in [5.74, 6) is 0.586. The molecule has 2 rings (SSSR count). The Morgan fingerprint density at radius 2 is 1.95 bits per heavy atom. The van der Waals surface area contributed by atoms with Gasteiger partial charge in [-0.05, 0) is 49.5 Å². The number of halogens is 1. The van der Waals surface area contributed by atoms with Gasteiger partial charge in [0.15, 0.2) is 0 Å². The van der Waals surface area contributed by atoms with Gasteiger partial charge in [-0.3, -0.25) is 4.79 Å². The molecular weight excluding hydrogens is 282 g/mol. The molecule has 1 aromatic carbocycles. The lowest BCUT2D eigenvalue weighted by molar-refractivity contribution is -0.121. The van der Waals surface area contributed by atoms with E-state index >= 15 is 0 Å². The van der Waals surface area contributed by atoms with Crippen molar-refractivity contribution in [2.45, 2.75) is 52.0 Å². The first-order valence-electron chi connectivity index (χ1n) is 7.75. The topological polar surface area (TPSA) is 29.1 Å². The van der Waals surface area contributed by atoms with Crippen LogP contribution in [0.25, 0.3) is 0 Å². The molecule has 1 N–H and O–H groups in total. The van der Waals surface area contributed by atoms with Crippen molar-refractivity contribution >= 4 is 17.5 Å². The first-order valence-corrected chi connectivity index (χ1v) is 8.29. The molecular formula is C18H26ClNO. The first-order chi connectivity index (χ1) is 9.84. The maximum atomic E-state index is 11.7. The van der Waals surface area contributed by atoms with Crippen LogP contribution in [0.3, 0.4) is 0 Å². The predicted molar refractivity (Wildman–Crippen MR) is 88.5 cm³/mol. The molecule has 21 heavy (non-hydrogen) atoms. The van der Waals surface area contributed by atoms with Crippen molar-refractivity contribution < 1.29 is 4.79 Å². The average molecular weight is 308 g/mol.